The van der Waals surface area contributed by atoms with Crippen molar-refractivity contribution in [2.75, 3.05) is 32.6 Å². The SMILES string of the molecule is COc1cc(C(CNc2cnc3ccccc3c2)P2(=O)NC[C@H](C)[C@@H]2C)cc(OC)c1O. The van der Waals surface area contributed by atoms with Gasteiger partial charge in [-0.25, -0.2) is 0 Å². The Morgan fingerprint density at radius 2 is 1.88 bits per heavy atom. The first-order valence-electron chi connectivity index (χ1n) is 10.8. The molecule has 2 unspecified atom stereocenters. The van der Waals surface area contributed by atoms with Crippen LogP contribution in [0.15, 0.2) is 48.7 Å². The average Bonchev–Trinajstić information content (AvgIpc) is 3.07. The van der Waals surface area contributed by atoms with Crippen molar-refractivity contribution in [3.63, 3.8) is 0 Å². The Kier molecular flexibility index (Phi) is 6.31. The molecule has 1 aromatic heterocycles. The van der Waals surface area contributed by atoms with Gasteiger partial charge in [0.15, 0.2) is 18.8 Å². The third kappa shape index (κ3) is 4.03. The summed E-state index contributed by atoms with van der Waals surface area (Å²) in [7, 11) is 0.150. The van der Waals surface area contributed by atoms with Gasteiger partial charge in [0, 0.05) is 24.1 Å². The lowest BCUT2D eigenvalue weighted by Gasteiger charge is -2.30. The highest BCUT2D eigenvalue weighted by atomic mass is 31.2. The number of hydrogen-bond acceptors (Lipinski definition) is 6. The fourth-order valence-electron chi connectivity index (χ4n) is 4.34. The molecule has 3 aromatic rings. The molecule has 2 heterocycles. The van der Waals surface area contributed by atoms with Crippen LogP contribution in [0.25, 0.3) is 10.9 Å². The second-order valence-corrected chi connectivity index (χ2v) is 11.5. The van der Waals surface area contributed by atoms with E-state index in [-0.39, 0.29) is 17.1 Å². The minimum atomic E-state index is -2.84. The molecular weight excluding hydrogens is 425 g/mol. The van der Waals surface area contributed by atoms with Crippen LogP contribution in [0.3, 0.4) is 0 Å². The third-order valence-corrected chi connectivity index (χ3v) is 10.3. The Labute approximate surface area is 188 Å². The largest absolute Gasteiger partial charge is 0.502 e. The van der Waals surface area contributed by atoms with E-state index in [9.17, 15) is 9.67 Å². The zero-order chi connectivity index (χ0) is 22.9. The van der Waals surface area contributed by atoms with Gasteiger partial charge < -0.3 is 24.5 Å². The molecule has 1 aliphatic rings. The molecular formula is C24H30N3O4P. The average molecular weight is 455 g/mol. The van der Waals surface area contributed by atoms with E-state index in [0.29, 0.717) is 30.5 Å². The summed E-state index contributed by atoms with van der Waals surface area (Å²) in [4.78, 5) is 4.52. The van der Waals surface area contributed by atoms with E-state index in [1.807, 2.05) is 37.3 Å². The quantitative estimate of drug-likeness (QED) is 0.431. The first-order chi connectivity index (χ1) is 15.4. The van der Waals surface area contributed by atoms with Crippen LogP contribution in [0, 0.1) is 5.92 Å². The Morgan fingerprint density at radius 1 is 1.19 bits per heavy atom. The second kappa shape index (κ2) is 9.00. The molecule has 0 aliphatic carbocycles. The molecule has 7 nitrogen and oxygen atoms in total. The zero-order valence-corrected chi connectivity index (χ0v) is 19.7. The summed E-state index contributed by atoms with van der Waals surface area (Å²) in [6.45, 7) is 5.30. The van der Waals surface area contributed by atoms with Crippen molar-refractivity contribution in [1.29, 1.82) is 0 Å². The number of para-hydroxylation sites is 1. The molecule has 0 amide bonds. The molecule has 1 saturated heterocycles. The highest BCUT2D eigenvalue weighted by Crippen LogP contribution is 2.64. The van der Waals surface area contributed by atoms with Crippen LogP contribution in [-0.2, 0) is 4.57 Å². The van der Waals surface area contributed by atoms with Crippen LogP contribution >= 0.6 is 7.29 Å². The lowest BCUT2D eigenvalue weighted by molar-refractivity contribution is 0.339. The number of methoxy groups -OCH3 is 2. The fraction of sp³-hybridized carbons (Fsp3) is 0.375. The predicted octanol–water partition coefficient (Wildman–Crippen LogP) is 5.02. The monoisotopic (exact) mass is 455 g/mol. The van der Waals surface area contributed by atoms with E-state index in [4.69, 9.17) is 9.47 Å². The van der Waals surface area contributed by atoms with E-state index >= 15 is 0 Å². The molecule has 0 saturated carbocycles. The number of hydrogen-bond donors (Lipinski definition) is 3. The summed E-state index contributed by atoms with van der Waals surface area (Å²) in [5, 5.41) is 18.2. The molecule has 0 bridgehead atoms. The van der Waals surface area contributed by atoms with Gasteiger partial charge in [-0.3, -0.25) is 10.1 Å². The molecule has 32 heavy (non-hydrogen) atoms. The maximum absolute atomic E-state index is 14.3. The smallest absolute Gasteiger partial charge is 0.200 e. The first-order valence-corrected chi connectivity index (χ1v) is 12.6. The van der Waals surface area contributed by atoms with Gasteiger partial charge in [-0.05, 0) is 35.7 Å². The van der Waals surface area contributed by atoms with Gasteiger partial charge in [0.1, 0.15) is 0 Å². The van der Waals surface area contributed by atoms with Crippen LogP contribution in [0.2, 0.25) is 0 Å². The molecule has 3 N–H and O–H groups in total. The molecule has 2 aromatic carbocycles. The van der Waals surface area contributed by atoms with Crippen molar-refractivity contribution < 1.29 is 19.1 Å². The van der Waals surface area contributed by atoms with Crippen LogP contribution < -0.4 is 19.9 Å². The summed E-state index contributed by atoms with van der Waals surface area (Å²) in [5.74, 6) is 0.821. The van der Waals surface area contributed by atoms with Gasteiger partial charge in [0.2, 0.25) is 5.75 Å². The van der Waals surface area contributed by atoms with E-state index < -0.39 is 7.29 Å². The number of fused-ring (bicyclic) bond motifs is 1. The van der Waals surface area contributed by atoms with Gasteiger partial charge in [-0.1, -0.05) is 32.0 Å². The molecule has 0 spiro atoms. The number of ether oxygens (including phenoxy) is 2. The number of aromatic nitrogens is 1. The molecule has 1 aliphatic heterocycles. The van der Waals surface area contributed by atoms with E-state index in [1.54, 1.807) is 18.3 Å². The molecule has 0 radical (unpaired) electrons. The fourth-order valence-corrected chi connectivity index (χ4v) is 7.80. The van der Waals surface area contributed by atoms with Gasteiger partial charge in [0.25, 0.3) is 0 Å². The summed E-state index contributed by atoms with van der Waals surface area (Å²) < 4.78 is 25.0. The van der Waals surface area contributed by atoms with Crippen molar-refractivity contribution in [3.05, 3.63) is 54.2 Å². The normalized spacial score (nSPS) is 23.8. The van der Waals surface area contributed by atoms with Crippen LogP contribution in [0.4, 0.5) is 5.69 Å². The number of phenols is 1. The number of rotatable bonds is 7. The Morgan fingerprint density at radius 3 is 2.50 bits per heavy atom. The standard InChI is InChI=1S/C24H30N3O4P/c1-15-12-27-32(29,16(15)2)23(18-10-21(30-3)24(28)22(11-18)31-4)14-25-19-9-17-7-5-6-8-20(17)26-13-19/h5-11,13,15-16,23,25,28H,12,14H2,1-4H3,(H,27,29)/t15-,16-,23?,32?/m0/s1. The molecule has 4 rings (SSSR count). The maximum Gasteiger partial charge on any atom is 0.200 e. The van der Waals surface area contributed by atoms with Crippen molar-refractivity contribution in [2.45, 2.75) is 25.2 Å². The first kappa shape index (κ1) is 22.4. The number of nitrogens with zero attached hydrogens (tertiary/aromatic N) is 1. The number of benzene rings is 2. The van der Waals surface area contributed by atoms with Crippen molar-refractivity contribution in [2.24, 2.45) is 5.92 Å². The van der Waals surface area contributed by atoms with Crippen molar-refractivity contribution in [3.8, 4) is 17.2 Å². The maximum atomic E-state index is 14.3. The second-order valence-electron chi connectivity index (χ2n) is 8.38. The third-order valence-electron chi connectivity index (χ3n) is 6.53. The molecule has 8 heteroatoms. The topological polar surface area (TPSA) is 92.7 Å². The summed E-state index contributed by atoms with van der Waals surface area (Å²) in [5.41, 5.74) is 2.23. The number of phenolic OH excluding ortho intramolecular Hbond substituents is 1. The highest BCUT2D eigenvalue weighted by molar-refractivity contribution is 7.63. The number of nitrogens with one attached hydrogen (secondary N) is 2. The lowest BCUT2D eigenvalue weighted by Crippen LogP contribution is -2.21. The summed E-state index contributed by atoms with van der Waals surface area (Å²) in [6.07, 6.45) is 1.79. The van der Waals surface area contributed by atoms with Gasteiger partial charge in [-0.2, -0.15) is 0 Å². The Hall–Kier alpha value is -2.76. The number of anilines is 1. The van der Waals surface area contributed by atoms with E-state index in [0.717, 1.165) is 22.2 Å². The number of pyridine rings is 1. The minimum Gasteiger partial charge on any atom is -0.502 e. The number of aromatic hydroxyl groups is 1. The van der Waals surface area contributed by atoms with Gasteiger partial charge in [0.05, 0.1) is 37.3 Å². The summed E-state index contributed by atoms with van der Waals surface area (Å²) >= 11 is 0. The zero-order valence-electron chi connectivity index (χ0n) is 18.8. The molecule has 170 valence electrons. The minimum absolute atomic E-state index is 0.00909. The molecule has 1 fully saturated rings. The lowest BCUT2D eigenvalue weighted by atomic mass is 10.1. The van der Waals surface area contributed by atoms with E-state index in [2.05, 4.69) is 22.3 Å². The molecule has 4 atom stereocenters. The Bertz CT molecular complexity index is 1140. The van der Waals surface area contributed by atoms with Crippen molar-refractivity contribution >= 4 is 23.9 Å². The van der Waals surface area contributed by atoms with Crippen LogP contribution in [0.1, 0.15) is 25.1 Å². The van der Waals surface area contributed by atoms with Crippen LogP contribution in [0.5, 0.6) is 17.2 Å². The van der Waals surface area contributed by atoms with Crippen molar-refractivity contribution in [1.82, 2.24) is 10.1 Å². The highest BCUT2D eigenvalue weighted by Gasteiger charge is 2.46. The van der Waals surface area contributed by atoms with E-state index in [1.165, 1.54) is 14.2 Å². The van der Waals surface area contributed by atoms with Gasteiger partial charge in [-0.15, -0.1) is 0 Å². The van der Waals surface area contributed by atoms with Crippen LogP contribution in [-0.4, -0.2) is 43.1 Å². The summed E-state index contributed by atoms with van der Waals surface area (Å²) in [6, 6.07) is 13.5. The predicted molar refractivity (Wildman–Crippen MR) is 128 cm³/mol. The van der Waals surface area contributed by atoms with Gasteiger partial charge >= 0.3 is 0 Å². The Balaban J connectivity index is 1.72.